The summed E-state index contributed by atoms with van der Waals surface area (Å²) < 4.78 is 4.70. The quantitative estimate of drug-likeness (QED) is 0.498. The minimum Gasteiger partial charge on any atom is -0.463 e. The Morgan fingerprint density at radius 2 is 2.21 bits per heavy atom. The number of carbonyl (C=O) groups excluding carboxylic acids is 1. The highest BCUT2D eigenvalue weighted by Gasteiger charge is 2.31. The van der Waals surface area contributed by atoms with Crippen molar-refractivity contribution in [1.29, 1.82) is 0 Å². The fraction of sp³-hybridized carbons (Fsp3) is 0.667. The summed E-state index contributed by atoms with van der Waals surface area (Å²) in [5, 5.41) is 27.7. The van der Waals surface area contributed by atoms with Crippen LogP contribution in [0.3, 0.4) is 0 Å². The second-order valence-corrected chi connectivity index (χ2v) is 3.17. The summed E-state index contributed by atoms with van der Waals surface area (Å²) in [6, 6.07) is 0. The molecular formula is C9H14O5. The molecule has 0 fully saturated rings. The van der Waals surface area contributed by atoms with Gasteiger partial charge in [0, 0.05) is 12.0 Å². The second kappa shape index (κ2) is 4.54. The lowest BCUT2D eigenvalue weighted by atomic mass is 9.92. The average Bonchev–Trinajstić information content (AvgIpc) is 2.13. The highest BCUT2D eigenvalue weighted by Crippen LogP contribution is 2.20. The molecule has 0 saturated heterocycles. The first-order valence-corrected chi connectivity index (χ1v) is 4.48. The van der Waals surface area contributed by atoms with Crippen LogP contribution in [0.2, 0.25) is 0 Å². The highest BCUT2D eigenvalue weighted by atomic mass is 16.5. The molecule has 3 atom stereocenters. The molecule has 80 valence electrons. The molecule has 0 heterocycles. The van der Waals surface area contributed by atoms with Gasteiger partial charge >= 0.3 is 5.97 Å². The first-order valence-electron chi connectivity index (χ1n) is 4.48. The van der Waals surface area contributed by atoms with Gasteiger partial charge in [-0.1, -0.05) is 0 Å². The van der Waals surface area contributed by atoms with Gasteiger partial charge in [0.15, 0.2) is 0 Å². The molecule has 0 radical (unpaired) electrons. The number of aliphatic hydroxyl groups is 3. The second-order valence-electron chi connectivity index (χ2n) is 3.17. The fourth-order valence-corrected chi connectivity index (χ4v) is 1.32. The molecule has 0 bridgehead atoms. The Hall–Kier alpha value is -0.910. The van der Waals surface area contributed by atoms with Crippen LogP contribution in [0.15, 0.2) is 11.6 Å². The normalized spacial score (nSPS) is 32.3. The van der Waals surface area contributed by atoms with Crippen molar-refractivity contribution in [1.82, 2.24) is 0 Å². The number of hydrogen-bond donors (Lipinski definition) is 3. The number of esters is 1. The summed E-state index contributed by atoms with van der Waals surface area (Å²) in [6.45, 7) is 1.91. The maximum absolute atomic E-state index is 11.2. The van der Waals surface area contributed by atoms with Crippen LogP contribution in [0.1, 0.15) is 13.3 Å². The van der Waals surface area contributed by atoms with Gasteiger partial charge in [0.25, 0.3) is 0 Å². The van der Waals surface area contributed by atoms with E-state index >= 15 is 0 Å². The van der Waals surface area contributed by atoms with E-state index in [0.717, 1.165) is 0 Å². The lowest BCUT2D eigenvalue weighted by molar-refractivity contribution is -0.140. The van der Waals surface area contributed by atoms with Crippen LogP contribution in [-0.4, -0.2) is 46.2 Å². The van der Waals surface area contributed by atoms with Gasteiger partial charge in [0.2, 0.25) is 0 Å². The van der Waals surface area contributed by atoms with Crippen LogP contribution in [0, 0.1) is 0 Å². The molecule has 0 aromatic rings. The Balaban J connectivity index is 2.71. The summed E-state index contributed by atoms with van der Waals surface area (Å²) in [6.07, 6.45) is -2.33. The molecule has 5 heteroatoms. The molecule has 3 unspecified atom stereocenters. The Kier molecular flexibility index (Phi) is 3.62. The van der Waals surface area contributed by atoms with Gasteiger partial charge in [-0.3, -0.25) is 0 Å². The van der Waals surface area contributed by atoms with Crippen LogP contribution >= 0.6 is 0 Å². The number of ether oxygens (including phenoxy) is 1. The number of aliphatic hydroxyl groups excluding tert-OH is 3. The third-order valence-electron chi connectivity index (χ3n) is 2.08. The van der Waals surface area contributed by atoms with Crippen LogP contribution < -0.4 is 0 Å². The fourth-order valence-electron chi connectivity index (χ4n) is 1.32. The lowest BCUT2D eigenvalue weighted by Crippen LogP contribution is -2.41. The van der Waals surface area contributed by atoms with E-state index in [9.17, 15) is 20.1 Å². The molecule has 0 amide bonds. The Morgan fingerprint density at radius 3 is 2.71 bits per heavy atom. The molecule has 3 N–H and O–H groups in total. The van der Waals surface area contributed by atoms with Crippen molar-refractivity contribution in [2.45, 2.75) is 31.7 Å². The van der Waals surface area contributed by atoms with Gasteiger partial charge in [-0.05, 0) is 13.0 Å². The molecule has 0 aromatic heterocycles. The van der Waals surface area contributed by atoms with Gasteiger partial charge in [0.05, 0.1) is 12.7 Å². The van der Waals surface area contributed by atoms with Crippen molar-refractivity contribution < 1.29 is 24.9 Å². The molecule has 0 saturated carbocycles. The Bertz CT molecular complexity index is 248. The summed E-state index contributed by atoms with van der Waals surface area (Å²) >= 11 is 0. The molecule has 1 rings (SSSR count). The zero-order valence-electron chi connectivity index (χ0n) is 7.88. The van der Waals surface area contributed by atoms with Crippen LogP contribution in [0.25, 0.3) is 0 Å². The minimum atomic E-state index is -1.23. The summed E-state index contributed by atoms with van der Waals surface area (Å²) in [4.78, 5) is 11.2. The molecular weight excluding hydrogens is 188 g/mol. The van der Waals surface area contributed by atoms with E-state index in [-0.39, 0.29) is 18.6 Å². The predicted molar refractivity (Wildman–Crippen MR) is 47.4 cm³/mol. The third-order valence-corrected chi connectivity index (χ3v) is 2.08. The summed E-state index contributed by atoms with van der Waals surface area (Å²) in [5.41, 5.74) is 0.206. The summed E-state index contributed by atoms with van der Waals surface area (Å²) in [5.74, 6) is -0.558. The van der Waals surface area contributed by atoms with E-state index in [2.05, 4.69) is 0 Å². The van der Waals surface area contributed by atoms with E-state index in [0.29, 0.717) is 0 Å². The third kappa shape index (κ3) is 2.31. The van der Waals surface area contributed by atoms with Gasteiger partial charge in [-0.2, -0.15) is 0 Å². The standard InChI is InChI=1S/C9H14O5/c1-2-14-9(13)5-3-6(10)8(12)7(11)4-5/h3,6-8,10-12H,2,4H2,1H3. The SMILES string of the molecule is CCOC(=O)C1=CC(O)C(O)C(O)C1. The van der Waals surface area contributed by atoms with Crippen molar-refractivity contribution in [3.05, 3.63) is 11.6 Å². The van der Waals surface area contributed by atoms with Crippen molar-refractivity contribution in [3.8, 4) is 0 Å². The molecule has 0 spiro atoms. The zero-order valence-corrected chi connectivity index (χ0v) is 7.88. The van der Waals surface area contributed by atoms with E-state index in [1.54, 1.807) is 6.92 Å². The predicted octanol–water partition coefficient (Wildman–Crippen LogP) is -1.04. The van der Waals surface area contributed by atoms with Crippen LogP contribution in [0.4, 0.5) is 0 Å². The first-order chi connectivity index (χ1) is 6.56. The number of rotatable bonds is 2. The minimum absolute atomic E-state index is 0.0110. The maximum atomic E-state index is 11.2. The largest absolute Gasteiger partial charge is 0.463 e. The van der Waals surface area contributed by atoms with Crippen molar-refractivity contribution >= 4 is 5.97 Å². The Morgan fingerprint density at radius 1 is 1.57 bits per heavy atom. The smallest absolute Gasteiger partial charge is 0.333 e. The molecule has 5 nitrogen and oxygen atoms in total. The van der Waals surface area contributed by atoms with Gasteiger partial charge < -0.3 is 20.1 Å². The highest BCUT2D eigenvalue weighted by molar-refractivity contribution is 5.88. The maximum Gasteiger partial charge on any atom is 0.333 e. The van der Waals surface area contributed by atoms with Crippen molar-refractivity contribution in [2.24, 2.45) is 0 Å². The number of hydrogen-bond acceptors (Lipinski definition) is 5. The van der Waals surface area contributed by atoms with E-state index < -0.39 is 24.3 Å². The monoisotopic (exact) mass is 202 g/mol. The first kappa shape index (κ1) is 11.2. The van der Waals surface area contributed by atoms with Gasteiger partial charge in [-0.15, -0.1) is 0 Å². The number of carbonyl (C=O) groups is 1. The lowest BCUT2D eigenvalue weighted by Gasteiger charge is -2.26. The van der Waals surface area contributed by atoms with Crippen LogP contribution in [-0.2, 0) is 9.53 Å². The van der Waals surface area contributed by atoms with E-state index in [1.807, 2.05) is 0 Å². The summed E-state index contributed by atoms with van der Waals surface area (Å²) in [7, 11) is 0. The van der Waals surface area contributed by atoms with Crippen molar-refractivity contribution in [2.75, 3.05) is 6.61 Å². The molecule has 0 aromatic carbocycles. The molecule has 14 heavy (non-hydrogen) atoms. The molecule has 1 aliphatic rings. The van der Waals surface area contributed by atoms with E-state index in [1.165, 1.54) is 6.08 Å². The molecule has 0 aliphatic heterocycles. The van der Waals surface area contributed by atoms with Crippen LogP contribution in [0.5, 0.6) is 0 Å². The van der Waals surface area contributed by atoms with E-state index in [4.69, 9.17) is 4.74 Å². The average molecular weight is 202 g/mol. The van der Waals surface area contributed by atoms with Gasteiger partial charge in [-0.25, -0.2) is 4.79 Å². The van der Waals surface area contributed by atoms with Crippen molar-refractivity contribution in [3.63, 3.8) is 0 Å². The zero-order chi connectivity index (χ0) is 10.7. The Labute approximate surface area is 81.6 Å². The van der Waals surface area contributed by atoms with Gasteiger partial charge in [0.1, 0.15) is 12.2 Å². The molecule has 1 aliphatic carbocycles. The topological polar surface area (TPSA) is 87.0 Å².